The number of aromatic nitrogens is 1. The van der Waals surface area contributed by atoms with Crippen LogP contribution >= 0.6 is 23.2 Å². The first-order valence-electron chi connectivity index (χ1n) is 11.8. The maximum Gasteiger partial charge on any atom is 0.153 e. The molecule has 1 heterocycles. The molecule has 0 spiro atoms. The van der Waals surface area contributed by atoms with Crippen LogP contribution in [0, 0.1) is 18.3 Å². The summed E-state index contributed by atoms with van der Waals surface area (Å²) in [4.78, 5) is 15.7. The van der Waals surface area contributed by atoms with Crippen LogP contribution in [0.1, 0.15) is 33.5 Å². The number of nitriles is 1. The summed E-state index contributed by atoms with van der Waals surface area (Å²) >= 11 is 12.2. The van der Waals surface area contributed by atoms with Crippen LogP contribution in [0.5, 0.6) is 23.0 Å². The van der Waals surface area contributed by atoms with E-state index in [0.717, 1.165) is 28.9 Å². The number of aldehydes is 1. The zero-order valence-electron chi connectivity index (χ0n) is 20.6. The van der Waals surface area contributed by atoms with E-state index < -0.39 is 0 Å². The highest BCUT2D eigenvalue weighted by Gasteiger charge is 2.15. The molecule has 6 nitrogen and oxygen atoms in total. The highest BCUT2D eigenvalue weighted by Crippen LogP contribution is 2.39. The molecule has 0 bridgehead atoms. The molecule has 0 N–H and O–H groups in total. The quantitative estimate of drug-likeness (QED) is 0.108. The average Bonchev–Trinajstić information content (AvgIpc) is 2.94. The second-order valence-corrected chi connectivity index (χ2v) is 9.16. The van der Waals surface area contributed by atoms with Gasteiger partial charge in [-0.15, -0.1) is 11.6 Å². The number of nitrogens with zero attached hydrogens (tertiary/aromatic N) is 2. The van der Waals surface area contributed by atoms with Gasteiger partial charge in [0, 0.05) is 29.9 Å². The molecule has 0 fully saturated rings. The molecule has 3 aromatic carbocycles. The molecule has 0 amide bonds. The molecule has 0 aliphatic rings. The van der Waals surface area contributed by atoms with Crippen molar-refractivity contribution in [1.82, 2.24) is 4.98 Å². The summed E-state index contributed by atoms with van der Waals surface area (Å²) in [5.41, 5.74) is 4.26. The maximum absolute atomic E-state index is 11.7. The number of hydrogen-bond donors (Lipinski definition) is 0. The lowest BCUT2D eigenvalue weighted by molar-refractivity contribution is 0.111. The molecule has 0 aliphatic carbocycles. The number of carbonyl (C=O) groups excluding carboxylic acids is 1. The van der Waals surface area contributed by atoms with Crippen LogP contribution in [0.4, 0.5) is 0 Å². The van der Waals surface area contributed by atoms with Crippen LogP contribution in [0.3, 0.4) is 0 Å². The smallest absolute Gasteiger partial charge is 0.153 e. The van der Waals surface area contributed by atoms with Crippen LogP contribution in [0.2, 0.25) is 5.02 Å². The summed E-state index contributed by atoms with van der Waals surface area (Å²) in [5, 5.41) is 9.36. The average molecular weight is 547 g/mol. The van der Waals surface area contributed by atoms with E-state index in [4.69, 9.17) is 42.7 Å². The normalized spacial score (nSPS) is 10.5. The molecular formula is C30H24Cl2N2O4. The summed E-state index contributed by atoms with van der Waals surface area (Å²) in [5.74, 6) is 2.57. The Morgan fingerprint density at radius 2 is 1.84 bits per heavy atom. The standard InChI is InChI=1S/C30H24Cl2N2O4/c1-20-26(23-5-2-6-25(12-23)36-10-4-9-31)7-3-8-28(20)38-30-14-29(24(18-35)13-27(30)32)37-19-22-11-21(15-33)16-34-17-22/h2-3,5-8,11-14,16-18H,4,9-10,19H2,1H3. The molecular weight excluding hydrogens is 523 g/mol. The Morgan fingerprint density at radius 1 is 1.00 bits per heavy atom. The summed E-state index contributed by atoms with van der Waals surface area (Å²) < 4.78 is 17.9. The zero-order valence-corrected chi connectivity index (χ0v) is 22.1. The van der Waals surface area contributed by atoms with Gasteiger partial charge in [-0.25, -0.2) is 0 Å². The predicted octanol–water partition coefficient (Wildman–Crippen LogP) is 7.77. The van der Waals surface area contributed by atoms with E-state index in [2.05, 4.69) is 4.98 Å². The van der Waals surface area contributed by atoms with Gasteiger partial charge in [0.2, 0.25) is 0 Å². The van der Waals surface area contributed by atoms with Crippen molar-refractivity contribution in [1.29, 1.82) is 5.26 Å². The van der Waals surface area contributed by atoms with E-state index in [0.29, 0.717) is 47.1 Å². The molecule has 1 aromatic heterocycles. The molecule has 4 rings (SSSR count). The van der Waals surface area contributed by atoms with Gasteiger partial charge in [-0.05, 0) is 60.4 Å². The lowest BCUT2D eigenvalue weighted by Gasteiger charge is -2.16. The third-order valence-corrected chi connectivity index (χ3v) is 6.27. The number of carbonyl (C=O) groups is 1. The molecule has 0 aliphatic heterocycles. The molecule has 0 atom stereocenters. The summed E-state index contributed by atoms with van der Waals surface area (Å²) in [6, 6.07) is 20.4. The number of benzene rings is 3. The van der Waals surface area contributed by atoms with Crippen LogP contribution in [-0.2, 0) is 6.61 Å². The van der Waals surface area contributed by atoms with Gasteiger partial charge in [-0.1, -0.05) is 35.9 Å². The fraction of sp³-hybridized carbons (Fsp3) is 0.167. The molecule has 0 saturated carbocycles. The summed E-state index contributed by atoms with van der Waals surface area (Å²) in [7, 11) is 0. The first-order chi connectivity index (χ1) is 18.5. The van der Waals surface area contributed by atoms with Gasteiger partial charge in [0.25, 0.3) is 0 Å². The molecule has 4 aromatic rings. The molecule has 0 unspecified atom stereocenters. The van der Waals surface area contributed by atoms with E-state index in [-0.39, 0.29) is 17.2 Å². The van der Waals surface area contributed by atoms with Gasteiger partial charge in [-0.3, -0.25) is 9.78 Å². The fourth-order valence-corrected chi connectivity index (χ4v) is 4.11. The maximum atomic E-state index is 11.7. The van der Waals surface area contributed by atoms with Crippen LogP contribution < -0.4 is 14.2 Å². The van der Waals surface area contributed by atoms with E-state index in [9.17, 15) is 4.79 Å². The minimum atomic E-state index is 0.113. The van der Waals surface area contributed by atoms with Crippen molar-refractivity contribution in [3.8, 4) is 40.2 Å². The van der Waals surface area contributed by atoms with Gasteiger partial charge in [0.15, 0.2) is 6.29 Å². The number of pyridine rings is 1. The summed E-state index contributed by atoms with van der Waals surface area (Å²) in [6.45, 7) is 2.63. The highest BCUT2D eigenvalue weighted by molar-refractivity contribution is 6.32. The monoisotopic (exact) mass is 546 g/mol. The highest BCUT2D eigenvalue weighted by atomic mass is 35.5. The molecule has 38 heavy (non-hydrogen) atoms. The Balaban J connectivity index is 1.58. The largest absolute Gasteiger partial charge is 0.494 e. The SMILES string of the molecule is Cc1c(Oc2cc(OCc3cncc(C#N)c3)c(C=O)cc2Cl)cccc1-c1cccc(OCCCCl)c1. The van der Waals surface area contributed by atoms with E-state index in [1.54, 1.807) is 18.3 Å². The van der Waals surface area contributed by atoms with Gasteiger partial charge < -0.3 is 14.2 Å². The van der Waals surface area contributed by atoms with Crippen LogP contribution in [0.15, 0.2) is 73.1 Å². The third-order valence-electron chi connectivity index (χ3n) is 5.71. The first-order valence-corrected chi connectivity index (χ1v) is 12.8. The molecule has 8 heteroatoms. The van der Waals surface area contributed by atoms with E-state index in [1.165, 1.54) is 12.3 Å². The van der Waals surface area contributed by atoms with E-state index in [1.807, 2.05) is 55.5 Å². The second kappa shape index (κ2) is 13.0. The number of ether oxygens (including phenoxy) is 3. The minimum absolute atomic E-state index is 0.113. The number of halogens is 2. The number of hydrogen-bond acceptors (Lipinski definition) is 6. The predicted molar refractivity (Wildman–Crippen MR) is 148 cm³/mol. The van der Waals surface area contributed by atoms with Crippen molar-refractivity contribution >= 4 is 29.5 Å². The lowest BCUT2D eigenvalue weighted by Crippen LogP contribution is -2.00. The Bertz CT molecular complexity index is 1480. The van der Waals surface area contributed by atoms with Crippen molar-refractivity contribution in [3.63, 3.8) is 0 Å². The van der Waals surface area contributed by atoms with Gasteiger partial charge in [-0.2, -0.15) is 5.26 Å². The Labute approximate surface area is 231 Å². The Kier molecular flexibility index (Phi) is 9.21. The molecule has 192 valence electrons. The zero-order chi connectivity index (χ0) is 26.9. The Morgan fingerprint density at radius 3 is 2.63 bits per heavy atom. The van der Waals surface area contributed by atoms with Crippen molar-refractivity contribution < 1.29 is 19.0 Å². The van der Waals surface area contributed by atoms with Crippen LogP contribution in [0.25, 0.3) is 11.1 Å². The third kappa shape index (κ3) is 6.63. The van der Waals surface area contributed by atoms with Crippen molar-refractivity contribution in [3.05, 3.63) is 100 Å². The van der Waals surface area contributed by atoms with Crippen molar-refractivity contribution in [2.45, 2.75) is 20.0 Å². The van der Waals surface area contributed by atoms with Gasteiger partial charge >= 0.3 is 0 Å². The van der Waals surface area contributed by atoms with Gasteiger partial charge in [0.05, 0.1) is 22.8 Å². The Hall–Kier alpha value is -4.05. The first kappa shape index (κ1) is 27.0. The molecule has 0 radical (unpaired) electrons. The second-order valence-electron chi connectivity index (χ2n) is 8.37. The van der Waals surface area contributed by atoms with Crippen LogP contribution in [-0.4, -0.2) is 23.8 Å². The van der Waals surface area contributed by atoms with Crippen molar-refractivity contribution in [2.24, 2.45) is 0 Å². The lowest BCUT2D eigenvalue weighted by atomic mass is 9.99. The van der Waals surface area contributed by atoms with Gasteiger partial charge in [0.1, 0.15) is 35.7 Å². The number of rotatable bonds is 11. The fourth-order valence-electron chi connectivity index (χ4n) is 3.79. The number of alkyl halides is 1. The van der Waals surface area contributed by atoms with Crippen molar-refractivity contribution in [2.75, 3.05) is 12.5 Å². The molecule has 0 saturated heterocycles. The topological polar surface area (TPSA) is 81.4 Å². The van der Waals surface area contributed by atoms with E-state index >= 15 is 0 Å². The minimum Gasteiger partial charge on any atom is -0.494 e. The summed E-state index contributed by atoms with van der Waals surface area (Å²) in [6.07, 6.45) is 4.51.